The SMILES string of the molecule is COc1ccc(CC[C@H](C)NS(=O)(=O)N(C)C(C)C)cc1. The number of hydrogen-bond donors (Lipinski definition) is 1. The van der Waals surface area contributed by atoms with E-state index in [0.717, 1.165) is 18.6 Å². The van der Waals surface area contributed by atoms with Gasteiger partial charge in [0.15, 0.2) is 0 Å². The van der Waals surface area contributed by atoms with Gasteiger partial charge in [-0.15, -0.1) is 0 Å². The smallest absolute Gasteiger partial charge is 0.279 e. The van der Waals surface area contributed by atoms with Gasteiger partial charge in [-0.2, -0.15) is 17.4 Å². The van der Waals surface area contributed by atoms with Crippen molar-refractivity contribution in [3.05, 3.63) is 29.8 Å². The molecule has 0 spiro atoms. The van der Waals surface area contributed by atoms with Gasteiger partial charge in [0.2, 0.25) is 0 Å². The van der Waals surface area contributed by atoms with E-state index in [0.29, 0.717) is 0 Å². The number of rotatable bonds is 8. The Morgan fingerprint density at radius 3 is 2.24 bits per heavy atom. The van der Waals surface area contributed by atoms with Gasteiger partial charge in [0.25, 0.3) is 10.2 Å². The minimum absolute atomic E-state index is 0.0590. The van der Waals surface area contributed by atoms with Crippen LogP contribution in [0.1, 0.15) is 32.8 Å². The highest BCUT2D eigenvalue weighted by molar-refractivity contribution is 7.87. The first kappa shape index (κ1) is 17.9. The number of nitrogens with zero attached hydrogens (tertiary/aromatic N) is 1. The molecule has 6 heteroatoms. The van der Waals surface area contributed by atoms with Crippen molar-refractivity contribution in [1.29, 1.82) is 0 Å². The summed E-state index contributed by atoms with van der Waals surface area (Å²) in [5, 5.41) is 0. The van der Waals surface area contributed by atoms with Crippen LogP contribution in [-0.4, -0.2) is 39.0 Å². The van der Waals surface area contributed by atoms with Gasteiger partial charge in [0.05, 0.1) is 7.11 Å². The van der Waals surface area contributed by atoms with Gasteiger partial charge in [0.1, 0.15) is 5.75 Å². The van der Waals surface area contributed by atoms with Crippen molar-refractivity contribution in [3.8, 4) is 5.75 Å². The van der Waals surface area contributed by atoms with E-state index in [-0.39, 0.29) is 12.1 Å². The summed E-state index contributed by atoms with van der Waals surface area (Å²) in [6.07, 6.45) is 1.57. The van der Waals surface area contributed by atoms with Crippen LogP contribution in [0.5, 0.6) is 5.75 Å². The monoisotopic (exact) mass is 314 g/mol. The molecule has 1 atom stereocenters. The van der Waals surface area contributed by atoms with E-state index in [1.807, 2.05) is 45.0 Å². The van der Waals surface area contributed by atoms with Gasteiger partial charge in [-0.1, -0.05) is 12.1 Å². The maximum absolute atomic E-state index is 12.1. The van der Waals surface area contributed by atoms with Gasteiger partial charge in [-0.05, 0) is 51.3 Å². The van der Waals surface area contributed by atoms with Crippen LogP contribution >= 0.6 is 0 Å². The normalized spacial score (nSPS) is 13.7. The van der Waals surface area contributed by atoms with Crippen molar-refractivity contribution >= 4 is 10.2 Å². The van der Waals surface area contributed by atoms with Gasteiger partial charge in [0, 0.05) is 19.1 Å². The fourth-order valence-electron chi connectivity index (χ4n) is 1.85. The van der Waals surface area contributed by atoms with E-state index >= 15 is 0 Å². The van der Waals surface area contributed by atoms with Crippen molar-refractivity contribution in [3.63, 3.8) is 0 Å². The van der Waals surface area contributed by atoms with Crippen LogP contribution in [0.25, 0.3) is 0 Å². The molecule has 0 aliphatic heterocycles. The molecule has 0 saturated carbocycles. The Hall–Kier alpha value is -1.11. The van der Waals surface area contributed by atoms with E-state index < -0.39 is 10.2 Å². The highest BCUT2D eigenvalue weighted by Gasteiger charge is 2.22. The Kier molecular flexibility index (Phi) is 6.64. The fraction of sp³-hybridized carbons (Fsp3) is 0.600. The van der Waals surface area contributed by atoms with Crippen LogP contribution in [0.15, 0.2) is 24.3 Å². The second kappa shape index (κ2) is 7.77. The van der Waals surface area contributed by atoms with E-state index in [2.05, 4.69) is 4.72 Å². The maximum Gasteiger partial charge on any atom is 0.279 e. The Morgan fingerprint density at radius 1 is 1.19 bits per heavy atom. The Bertz CT molecular complexity index is 526. The number of methoxy groups -OCH3 is 1. The lowest BCUT2D eigenvalue weighted by Crippen LogP contribution is -2.45. The first-order valence-corrected chi connectivity index (χ1v) is 8.58. The van der Waals surface area contributed by atoms with Crippen LogP contribution in [0, 0.1) is 0 Å². The Labute approximate surface area is 128 Å². The molecule has 0 radical (unpaired) electrons. The van der Waals surface area contributed by atoms with E-state index in [1.54, 1.807) is 14.2 Å². The molecule has 1 rings (SSSR count). The molecule has 0 aliphatic rings. The zero-order valence-electron chi connectivity index (χ0n) is 13.5. The third kappa shape index (κ3) is 5.65. The summed E-state index contributed by atoms with van der Waals surface area (Å²) in [7, 11) is -0.188. The molecule has 1 N–H and O–H groups in total. The standard InChI is InChI=1S/C15H26N2O3S/c1-12(2)17(4)21(18,19)16-13(3)6-7-14-8-10-15(20-5)11-9-14/h8-13,16H,6-7H2,1-5H3/t13-/m0/s1. The molecule has 21 heavy (non-hydrogen) atoms. The highest BCUT2D eigenvalue weighted by atomic mass is 32.2. The zero-order chi connectivity index (χ0) is 16.0. The lowest BCUT2D eigenvalue weighted by molar-refractivity contribution is 0.395. The van der Waals surface area contributed by atoms with Crippen molar-refractivity contribution in [2.75, 3.05) is 14.2 Å². The molecule has 5 nitrogen and oxygen atoms in total. The number of hydrogen-bond acceptors (Lipinski definition) is 3. The van der Waals surface area contributed by atoms with Crippen LogP contribution in [0.4, 0.5) is 0 Å². The van der Waals surface area contributed by atoms with Crippen LogP contribution in [-0.2, 0) is 16.6 Å². The third-order valence-corrected chi connectivity index (χ3v) is 5.36. The van der Waals surface area contributed by atoms with Crippen molar-refractivity contribution in [2.24, 2.45) is 0 Å². The molecule has 0 fully saturated rings. The minimum atomic E-state index is -3.41. The average molecular weight is 314 g/mol. The molecule has 0 heterocycles. The molecule has 0 saturated heterocycles. The third-order valence-electron chi connectivity index (χ3n) is 3.48. The van der Waals surface area contributed by atoms with E-state index in [9.17, 15) is 8.42 Å². The summed E-state index contributed by atoms with van der Waals surface area (Å²) >= 11 is 0. The molecule has 0 aromatic heterocycles. The van der Waals surface area contributed by atoms with Crippen molar-refractivity contribution in [2.45, 2.75) is 45.7 Å². The maximum atomic E-state index is 12.1. The predicted molar refractivity (Wildman–Crippen MR) is 85.7 cm³/mol. The minimum Gasteiger partial charge on any atom is -0.497 e. The molecule has 1 aromatic carbocycles. The number of ether oxygens (including phenoxy) is 1. The van der Waals surface area contributed by atoms with Crippen LogP contribution in [0.2, 0.25) is 0 Å². The average Bonchev–Trinajstić information content (AvgIpc) is 2.44. The predicted octanol–water partition coefficient (Wildman–Crippen LogP) is 2.19. The summed E-state index contributed by atoms with van der Waals surface area (Å²) in [6.45, 7) is 5.58. The molecule has 1 aromatic rings. The second-order valence-corrected chi connectivity index (χ2v) is 7.28. The summed E-state index contributed by atoms with van der Waals surface area (Å²) in [5.41, 5.74) is 1.17. The molecule has 120 valence electrons. The largest absolute Gasteiger partial charge is 0.497 e. The zero-order valence-corrected chi connectivity index (χ0v) is 14.3. The lowest BCUT2D eigenvalue weighted by Gasteiger charge is -2.24. The summed E-state index contributed by atoms with van der Waals surface area (Å²) in [4.78, 5) is 0. The first-order valence-electron chi connectivity index (χ1n) is 7.14. The quantitative estimate of drug-likeness (QED) is 0.800. The molecular formula is C15H26N2O3S. The fourth-order valence-corrected chi connectivity index (χ4v) is 3.20. The molecule has 0 unspecified atom stereocenters. The highest BCUT2D eigenvalue weighted by Crippen LogP contribution is 2.13. The topological polar surface area (TPSA) is 58.6 Å². The Morgan fingerprint density at radius 2 is 1.76 bits per heavy atom. The van der Waals surface area contributed by atoms with E-state index in [1.165, 1.54) is 9.87 Å². The summed E-state index contributed by atoms with van der Waals surface area (Å²) in [6, 6.07) is 7.66. The first-order chi connectivity index (χ1) is 9.76. The summed E-state index contributed by atoms with van der Waals surface area (Å²) < 4.78 is 33.3. The molecular weight excluding hydrogens is 288 g/mol. The van der Waals surface area contributed by atoms with Gasteiger partial charge in [-0.25, -0.2) is 0 Å². The number of nitrogens with one attached hydrogen (secondary N) is 1. The Balaban J connectivity index is 2.51. The molecule has 0 aliphatic carbocycles. The summed E-state index contributed by atoms with van der Waals surface area (Å²) in [5.74, 6) is 0.825. The van der Waals surface area contributed by atoms with Gasteiger partial charge < -0.3 is 4.74 Å². The number of benzene rings is 1. The lowest BCUT2D eigenvalue weighted by atomic mass is 10.1. The van der Waals surface area contributed by atoms with Crippen molar-refractivity contribution in [1.82, 2.24) is 9.03 Å². The molecule has 0 amide bonds. The second-order valence-electron chi connectivity index (χ2n) is 5.52. The van der Waals surface area contributed by atoms with Crippen LogP contribution in [0.3, 0.4) is 0 Å². The van der Waals surface area contributed by atoms with E-state index in [4.69, 9.17) is 4.74 Å². The molecule has 0 bridgehead atoms. The van der Waals surface area contributed by atoms with Gasteiger partial charge in [-0.3, -0.25) is 0 Å². The van der Waals surface area contributed by atoms with Crippen LogP contribution < -0.4 is 9.46 Å². The van der Waals surface area contributed by atoms with Crippen molar-refractivity contribution < 1.29 is 13.2 Å². The number of aryl methyl sites for hydroxylation is 1. The van der Waals surface area contributed by atoms with Gasteiger partial charge >= 0.3 is 0 Å².